The Morgan fingerprint density at radius 3 is 2.30 bits per heavy atom. The molecule has 13 heteroatoms. The molecule has 4 atom stereocenters. The molecule has 0 aliphatic carbocycles. The van der Waals surface area contributed by atoms with Gasteiger partial charge in [-0.15, -0.1) is 0 Å². The van der Waals surface area contributed by atoms with E-state index in [0.717, 1.165) is 16.5 Å². The highest BCUT2D eigenvalue weighted by molar-refractivity contribution is 5.95. The molecule has 11 N–H and O–H groups in total. The summed E-state index contributed by atoms with van der Waals surface area (Å²) < 4.78 is 0. The molecule has 0 spiro atoms. The number of aromatic nitrogens is 1. The lowest BCUT2D eigenvalue weighted by Gasteiger charge is -2.23. The van der Waals surface area contributed by atoms with Crippen LogP contribution < -0.4 is 33.2 Å². The number of hydrogen-bond acceptors (Lipinski definition) is 7. The number of aromatic amines is 1. The second kappa shape index (κ2) is 13.9. The van der Waals surface area contributed by atoms with Crippen LogP contribution in [0.5, 0.6) is 0 Å². The van der Waals surface area contributed by atoms with Crippen molar-refractivity contribution in [1.29, 1.82) is 0 Å². The Balaban J connectivity index is 1.99. The van der Waals surface area contributed by atoms with E-state index in [1.54, 1.807) is 6.20 Å². The number of primary amides is 1. The first-order valence-corrected chi connectivity index (χ1v) is 12.0. The van der Waals surface area contributed by atoms with Gasteiger partial charge in [-0.05, 0) is 50.8 Å². The highest BCUT2D eigenvalue weighted by Crippen LogP contribution is 2.18. The number of carboxylic acids is 1. The molecule has 0 bridgehead atoms. The molecule has 0 aliphatic heterocycles. The Labute approximate surface area is 213 Å². The lowest BCUT2D eigenvalue weighted by molar-refractivity contribution is -0.143. The molecule has 0 radical (unpaired) electrons. The maximum Gasteiger partial charge on any atom is 0.326 e. The number of carboxylic acid groups (broad SMARTS) is 1. The van der Waals surface area contributed by atoms with Crippen molar-refractivity contribution in [2.45, 2.75) is 63.2 Å². The molecule has 2 rings (SSSR count). The molecule has 202 valence electrons. The van der Waals surface area contributed by atoms with Gasteiger partial charge in [0.15, 0.2) is 0 Å². The van der Waals surface area contributed by atoms with E-state index in [9.17, 15) is 29.1 Å². The average molecular weight is 518 g/mol. The van der Waals surface area contributed by atoms with E-state index in [-0.39, 0.29) is 12.8 Å². The number of hydrogen-bond donors (Lipinski definition) is 8. The maximum absolute atomic E-state index is 12.8. The number of nitrogens with two attached hydrogens (primary N) is 3. The third-order valence-corrected chi connectivity index (χ3v) is 5.80. The summed E-state index contributed by atoms with van der Waals surface area (Å²) in [6.07, 6.45) is 2.62. The number of carbonyl (C=O) groups excluding carboxylic acids is 4. The maximum atomic E-state index is 12.8. The molecular weight excluding hydrogens is 482 g/mol. The number of nitrogens with one attached hydrogen (secondary N) is 4. The molecule has 4 unspecified atom stereocenters. The van der Waals surface area contributed by atoms with Crippen LogP contribution >= 0.6 is 0 Å². The molecule has 0 saturated carbocycles. The normalized spacial score (nSPS) is 14.2. The lowest BCUT2D eigenvalue weighted by Crippen LogP contribution is -2.56. The minimum absolute atomic E-state index is 0.165. The standard InChI is InChI=1S/C24H35N7O6/c1-13(29-22(34)16(26)10-14-12-28-17-7-3-2-6-15(14)17)21(33)30-18(8-4-5-9-25)23(35)31-19(24(36)37)11-20(27)32/h2-3,6-7,12-13,16,18-19,28H,4-5,8-11,25-26H2,1H3,(H2,27,32)(H,29,34)(H,30,33)(H,31,35)(H,36,37). The SMILES string of the molecule is CC(NC(=O)C(N)Cc1c[nH]c2ccccc12)C(=O)NC(CCCCN)C(=O)NC(CC(N)=O)C(=O)O. The number of unbranched alkanes of at least 4 members (excludes halogenated alkanes) is 1. The zero-order valence-electron chi connectivity index (χ0n) is 20.7. The number of H-pyrrole nitrogens is 1. The molecule has 13 nitrogen and oxygen atoms in total. The van der Waals surface area contributed by atoms with Gasteiger partial charge in [-0.2, -0.15) is 0 Å². The average Bonchev–Trinajstić information content (AvgIpc) is 3.25. The molecule has 1 heterocycles. The topological polar surface area (TPSA) is 236 Å². The van der Waals surface area contributed by atoms with Crippen LogP contribution in [0, 0.1) is 0 Å². The van der Waals surface area contributed by atoms with E-state index < -0.39 is 60.2 Å². The third kappa shape index (κ3) is 8.88. The van der Waals surface area contributed by atoms with E-state index >= 15 is 0 Å². The van der Waals surface area contributed by atoms with Crippen LogP contribution in [0.4, 0.5) is 0 Å². The van der Waals surface area contributed by atoms with Crippen molar-refractivity contribution in [2.75, 3.05) is 6.54 Å². The summed E-state index contributed by atoms with van der Waals surface area (Å²) in [6, 6.07) is 2.96. The number of fused-ring (bicyclic) bond motifs is 1. The van der Waals surface area contributed by atoms with Crippen LogP contribution in [0.15, 0.2) is 30.5 Å². The number of benzene rings is 1. The third-order valence-electron chi connectivity index (χ3n) is 5.80. The van der Waals surface area contributed by atoms with Crippen molar-refractivity contribution in [1.82, 2.24) is 20.9 Å². The number of aliphatic carboxylic acids is 1. The lowest BCUT2D eigenvalue weighted by atomic mass is 10.0. The Hall–Kier alpha value is -3.97. The van der Waals surface area contributed by atoms with E-state index in [2.05, 4.69) is 20.9 Å². The fourth-order valence-corrected chi connectivity index (χ4v) is 3.75. The van der Waals surface area contributed by atoms with E-state index in [0.29, 0.717) is 19.4 Å². The fourth-order valence-electron chi connectivity index (χ4n) is 3.75. The van der Waals surface area contributed by atoms with Gasteiger partial charge in [0.25, 0.3) is 0 Å². The summed E-state index contributed by atoms with van der Waals surface area (Å²) in [6.45, 7) is 1.80. The highest BCUT2D eigenvalue weighted by Gasteiger charge is 2.29. The van der Waals surface area contributed by atoms with Gasteiger partial charge in [0, 0.05) is 17.1 Å². The Kier molecular flexibility index (Phi) is 11.0. The van der Waals surface area contributed by atoms with E-state index in [1.165, 1.54) is 6.92 Å². The smallest absolute Gasteiger partial charge is 0.326 e. The molecular formula is C24H35N7O6. The molecule has 1 aromatic heterocycles. The van der Waals surface area contributed by atoms with Gasteiger partial charge in [0.05, 0.1) is 12.5 Å². The summed E-state index contributed by atoms with van der Waals surface area (Å²) in [5, 5.41) is 17.5. The largest absolute Gasteiger partial charge is 0.480 e. The molecule has 2 aromatic rings. The van der Waals surface area contributed by atoms with Gasteiger partial charge in [0.1, 0.15) is 18.1 Å². The summed E-state index contributed by atoms with van der Waals surface area (Å²) in [7, 11) is 0. The Bertz CT molecular complexity index is 1120. The van der Waals surface area contributed by atoms with Crippen molar-refractivity contribution in [3.05, 3.63) is 36.0 Å². The van der Waals surface area contributed by atoms with Crippen LogP contribution in [-0.4, -0.2) is 70.4 Å². The molecule has 0 fully saturated rings. The van der Waals surface area contributed by atoms with Crippen LogP contribution in [-0.2, 0) is 30.4 Å². The van der Waals surface area contributed by atoms with Crippen LogP contribution in [0.3, 0.4) is 0 Å². The van der Waals surface area contributed by atoms with Gasteiger partial charge in [0.2, 0.25) is 23.6 Å². The van der Waals surface area contributed by atoms with Crippen molar-refractivity contribution in [2.24, 2.45) is 17.2 Å². The number of carbonyl (C=O) groups is 5. The molecule has 0 aliphatic rings. The summed E-state index contributed by atoms with van der Waals surface area (Å²) in [4.78, 5) is 63.8. The Morgan fingerprint density at radius 1 is 0.973 bits per heavy atom. The molecule has 37 heavy (non-hydrogen) atoms. The van der Waals surface area contributed by atoms with Crippen molar-refractivity contribution in [3.63, 3.8) is 0 Å². The first kappa shape index (κ1) is 29.3. The zero-order valence-corrected chi connectivity index (χ0v) is 20.7. The molecule has 4 amide bonds. The van der Waals surface area contributed by atoms with Crippen molar-refractivity contribution >= 4 is 40.5 Å². The van der Waals surface area contributed by atoms with E-state index in [4.69, 9.17) is 17.2 Å². The number of para-hydroxylation sites is 1. The predicted octanol–water partition coefficient (Wildman–Crippen LogP) is -1.40. The number of amides is 4. The molecule has 0 saturated heterocycles. The first-order valence-electron chi connectivity index (χ1n) is 12.0. The van der Waals surface area contributed by atoms with Crippen molar-refractivity contribution < 1.29 is 29.1 Å². The zero-order chi connectivity index (χ0) is 27.5. The minimum Gasteiger partial charge on any atom is -0.480 e. The minimum atomic E-state index is -1.54. The highest BCUT2D eigenvalue weighted by atomic mass is 16.4. The van der Waals surface area contributed by atoms with Crippen LogP contribution in [0.1, 0.15) is 38.2 Å². The van der Waals surface area contributed by atoms with Crippen LogP contribution in [0.2, 0.25) is 0 Å². The Morgan fingerprint density at radius 2 is 1.65 bits per heavy atom. The van der Waals surface area contributed by atoms with Crippen LogP contribution in [0.25, 0.3) is 10.9 Å². The van der Waals surface area contributed by atoms with Gasteiger partial charge in [-0.1, -0.05) is 18.2 Å². The first-order chi connectivity index (χ1) is 17.5. The second-order valence-corrected chi connectivity index (χ2v) is 8.82. The summed E-state index contributed by atoms with van der Waals surface area (Å²) in [5.41, 5.74) is 18.4. The monoisotopic (exact) mass is 517 g/mol. The van der Waals surface area contributed by atoms with Gasteiger partial charge >= 0.3 is 5.97 Å². The van der Waals surface area contributed by atoms with Gasteiger partial charge < -0.3 is 43.2 Å². The fraction of sp³-hybridized carbons (Fsp3) is 0.458. The second-order valence-electron chi connectivity index (χ2n) is 8.82. The van der Waals surface area contributed by atoms with E-state index in [1.807, 2.05) is 24.3 Å². The van der Waals surface area contributed by atoms with Gasteiger partial charge in [-0.25, -0.2) is 4.79 Å². The van der Waals surface area contributed by atoms with Gasteiger partial charge in [-0.3, -0.25) is 19.2 Å². The quantitative estimate of drug-likeness (QED) is 0.130. The predicted molar refractivity (Wildman–Crippen MR) is 136 cm³/mol. The number of rotatable bonds is 15. The van der Waals surface area contributed by atoms with Crippen molar-refractivity contribution in [3.8, 4) is 0 Å². The molecule has 1 aromatic carbocycles. The summed E-state index contributed by atoms with van der Waals surface area (Å²) >= 11 is 0. The summed E-state index contributed by atoms with van der Waals surface area (Å²) in [5.74, 6) is -4.36.